The number of aromatic nitrogens is 1. The molecule has 0 fully saturated rings. The third-order valence-corrected chi connectivity index (χ3v) is 2.13. The number of ether oxygens (including phenoxy) is 1. The van der Waals surface area contributed by atoms with Crippen LogP contribution in [-0.4, -0.2) is 29.5 Å². The van der Waals surface area contributed by atoms with E-state index < -0.39 is 0 Å². The maximum atomic E-state index is 11.3. The van der Waals surface area contributed by atoms with Gasteiger partial charge >= 0.3 is 0 Å². The number of rotatable bonds is 5. The lowest BCUT2D eigenvalue weighted by molar-refractivity contribution is 0.0865. The highest BCUT2D eigenvalue weighted by atomic mass is 79.9. The Morgan fingerprint density at radius 1 is 1.43 bits per heavy atom. The van der Waals surface area contributed by atoms with Crippen molar-refractivity contribution in [1.29, 1.82) is 0 Å². The van der Waals surface area contributed by atoms with Gasteiger partial charge in [0.15, 0.2) is 0 Å². The molecule has 0 spiro atoms. The van der Waals surface area contributed by atoms with Crippen molar-refractivity contribution in [3.63, 3.8) is 0 Å². The van der Waals surface area contributed by atoms with Crippen LogP contribution >= 0.6 is 15.9 Å². The zero-order valence-electron chi connectivity index (χ0n) is 7.65. The predicted molar refractivity (Wildman–Crippen MR) is 56.3 cm³/mol. The second-order valence-electron chi connectivity index (χ2n) is 2.71. The van der Waals surface area contributed by atoms with Gasteiger partial charge in [-0.3, -0.25) is 4.79 Å². The van der Waals surface area contributed by atoms with Gasteiger partial charge in [0.1, 0.15) is 0 Å². The Balaban J connectivity index is 2.49. The standard InChI is InChI=1S/C9H12BrNO3/c10-8-1-2-9(13)11(7-8)3-5-14-6-4-12/h1-2,7,12H,3-6H2. The van der Waals surface area contributed by atoms with Crippen molar-refractivity contribution >= 4 is 15.9 Å². The molecule has 0 saturated carbocycles. The van der Waals surface area contributed by atoms with E-state index in [2.05, 4.69) is 15.9 Å². The van der Waals surface area contributed by atoms with E-state index in [1.54, 1.807) is 16.8 Å². The van der Waals surface area contributed by atoms with Gasteiger partial charge in [-0.1, -0.05) is 0 Å². The number of hydrogen-bond donors (Lipinski definition) is 1. The second kappa shape index (κ2) is 5.95. The Kier molecular flexibility index (Phi) is 4.86. The fraction of sp³-hybridized carbons (Fsp3) is 0.444. The summed E-state index contributed by atoms with van der Waals surface area (Å²) in [7, 11) is 0. The Morgan fingerprint density at radius 2 is 2.21 bits per heavy atom. The minimum absolute atomic E-state index is 0.00732. The molecule has 0 radical (unpaired) electrons. The van der Waals surface area contributed by atoms with E-state index in [9.17, 15) is 4.79 Å². The van der Waals surface area contributed by atoms with E-state index in [1.165, 1.54) is 6.07 Å². The van der Waals surface area contributed by atoms with Crippen LogP contribution in [0, 0.1) is 0 Å². The molecule has 1 aromatic heterocycles. The van der Waals surface area contributed by atoms with Crippen LogP contribution in [0.2, 0.25) is 0 Å². The van der Waals surface area contributed by atoms with Crippen LogP contribution in [-0.2, 0) is 11.3 Å². The number of halogens is 1. The number of nitrogens with zero attached hydrogens (tertiary/aromatic N) is 1. The number of hydrogen-bond acceptors (Lipinski definition) is 3. The lowest BCUT2D eigenvalue weighted by Crippen LogP contribution is -2.21. The fourth-order valence-corrected chi connectivity index (χ4v) is 1.39. The zero-order chi connectivity index (χ0) is 10.4. The normalized spacial score (nSPS) is 10.4. The smallest absolute Gasteiger partial charge is 0.250 e. The molecule has 1 aromatic rings. The lowest BCUT2D eigenvalue weighted by Gasteiger charge is -2.05. The van der Waals surface area contributed by atoms with Gasteiger partial charge in [0, 0.05) is 23.3 Å². The zero-order valence-corrected chi connectivity index (χ0v) is 9.24. The Labute approximate surface area is 90.3 Å². The first kappa shape index (κ1) is 11.4. The van der Waals surface area contributed by atoms with Gasteiger partial charge in [-0.15, -0.1) is 0 Å². The molecular weight excluding hydrogens is 250 g/mol. The maximum absolute atomic E-state index is 11.3. The fourth-order valence-electron chi connectivity index (χ4n) is 1.01. The first-order valence-electron chi connectivity index (χ1n) is 4.28. The van der Waals surface area contributed by atoms with Crippen LogP contribution in [0.3, 0.4) is 0 Å². The molecule has 5 heteroatoms. The molecule has 0 aromatic carbocycles. The molecule has 0 saturated heterocycles. The molecule has 0 unspecified atom stereocenters. The van der Waals surface area contributed by atoms with Crippen LogP contribution < -0.4 is 5.56 Å². The first-order chi connectivity index (χ1) is 6.74. The Bertz CT molecular complexity index is 337. The molecule has 1 rings (SSSR count). The highest BCUT2D eigenvalue weighted by Crippen LogP contribution is 2.04. The van der Waals surface area contributed by atoms with E-state index in [0.717, 1.165) is 4.47 Å². The number of aliphatic hydroxyl groups is 1. The van der Waals surface area contributed by atoms with Gasteiger partial charge < -0.3 is 14.4 Å². The van der Waals surface area contributed by atoms with Crippen LogP contribution in [0.4, 0.5) is 0 Å². The van der Waals surface area contributed by atoms with Gasteiger partial charge in [-0.25, -0.2) is 0 Å². The van der Waals surface area contributed by atoms with Gasteiger partial charge in [0.25, 0.3) is 5.56 Å². The summed E-state index contributed by atoms with van der Waals surface area (Å²) < 4.78 is 7.47. The van der Waals surface area contributed by atoms with Crippen molar-refractivity contribution < 1.29 is 9.84 Å². The number of pyridine rings is 1. The monoisotopic (exact) mass is 261 g/mol. The summed E-state index contributed by atoms with van der Waals surface area (Å²) in [6.45, 7) is 1.24. The van der Waals surface area contributed by atoms with E-state index in [1.807, 2.05) is 0 Å². The minimum Gasteiger partial charge on any atom is -0.394 e. The highest BCUT2D eigenvalue weighted by Gasteiger charge is 1.96. The first-order valence-corrected chi connectivity index (χ1v) is 5.08. The molecule has 0 aliphatic carbocycles. The third-order valence-electron chi connectivity index (χ3n) is 1.66. The molecule has 78 valence electrons. The van der Waals surface area contributed by atoms with Crippen molar-refractivity contribution in [2.75, 3.05) is 19.8 Å². The molecular formula is C9H12BrNO3. The lowest BCUT2D eigenvalue weighted by atomic mass is 10.4. The molecule has 0 bridgehead atoms. The van der Waals surface area contributed by atoms with E-state index in [0.29, 0.717) is 19.8 Å². The van der Waals surface area contributed by atoms with Crippen LogP contribution in [0.15, 0.2) is 27.6 Å². The molecule has 0 aliphatic heterocycles. The molecule has 1 N–H and O–H groups in total. The second-order valence-corrected chi connectivity index (χ2v) is 3.63. The molecule has 4 nitrogen and oxygen atoms in total. The van der Waals surface area contributed by atoms with Crippen molar-refractivity contribution in [2.24, 2.45) is 0 Å². The average Bonchev–Trinajstić information content (AvgIpc) is 2.18. The molecule has 14 heavy (non-hydrogen) atoms. The van der Waals surface area contributed by atoms with Crippen LogP contribution in [0.5, 0.6) is 0 Å². The van der Waals surface area contributed by atoms with Crippen molar-refractivity contribution in [3.05, 3.63) is 33.2 Å². The van der Waals surface area contributed by atoms with Crippen LogP contribution in [0.25, 0.3) is 0 Å². The summed E-state index contributed by atoms with van der Waals surface area (Å²) in [6, 6.07) is 3.20. The summed E-state index contributed by atoms with van der Waals surface area (Å²) in [5.74, 6) is 0. The maximum Gasteiger partial charge on any atom is 0.250 e. The van der Waals surface area contributed by atoms with Gasteiger partial charge in [0.05, 0.1) is 19.8 Å². The molecule has 0 atom stereocenters. The van der Waals surface area contributed by atoms with Crippen molar-refractivity contribution in [1.82, 2.24) is 4.57 Å². The van der Waals surface area contributed by atoms with E-state index in [-0.39, 0.29) is 12.2 Å². The average molecular weight is 262 g/mol. The quantitative estimate of drug-likeness (QED) is 0.791. The topological polar surface area (TPSA) is 51.5 Å². The number of aliphatic hydroxyl groups excluding tert-OH is 1. The Morgan fingerprint density at radius 3 is 2.93 bits per heavy atom. The summed E-state index contributed by atoms with van der Waals surface area (Å²) >= 11 is 3.28. The molecule has 1 heterocycles. The van der Waals surface area contributed by atoms with Crippen LogP contribution in [0.1, 0.15) is 0 Å². The van der Waals surface area contributed by atoms with Gasteiger partial charge in [-0.05, 0) is 22.0 Å². The summed E-state index contributed by atoms with van der Waals surface area (Å²) in [5.41, 5.74) is -0.0548. The minimum atomic E-state index is -0.0548. The molecule has 0 amide bonds. The SMILES string of the molecule is O=c1ccc(Br)cn1CCOCCO. The summed E-state index contributed by atoms with van der Waals surface area (Å²) in [4.78, 5) is 11.3. The largest absolute Gasteiger partial charge is 0.394 e. The molecule has 0 aliphatic rings. The van der Waals surface area contributed by atoms with E-state index in [4.69, 9.17) is 9.84 Å². The summed E-state index contributed by atoms with van der Waals surface area (Å²) in [5, 5.41) is 8.46. The van der Waals surface area contributed by atoms with E-state index >= 15 is 0 Å². The highest BCUT2D eigenvalue weighted by molar-refractivity contribution is 9.10. The van der Waals surface area contributed by atoms with Gasteiger partial charge in [-0.2, -0.15) is 0 Å². The van der Waals surface area contributed by atoms with Crippen molar-refractivity contribution in [2.45, 2.75) is 6.54 Å². The third kappa shape index (κ3) is 3.61. The Hall–Kier alpha value is -0.650. The predicted octanol–water partition coefficient (Wildman–Crippen LogP) is 0.620. The van der Waals surface area contributed by atoms with Gasteiger partial charge in [0.2, 0.25) is 0 Å². The summed E-state index contributed by atoms with van der Waals surface area (Å²) in [6.07, 6.45) is 1.71. The van der Waals surface area contributed by atoms with Crippen molar-refractivity contribution in [3.8, 4) is 0 Å².